The van der Waals surface area contributed by atoms with Crippen molar-refractivity contribution >= 4 is 11.6 Å². The van der Waals surface area contributed by atoms with Crippen molar-refractivity contribution in [3.63, 3.8) is 0 Å². The van der Waals surface area contributed by atoms with Crippen molar-refractivity contribution in [2.75, 3.05) is 0 Å². The van der Waals surface area contributed by atoms with E-state index in [1.54, 1.807) is 12.1 Å². The van der Waals surface area contributed by atoms with Crippen LogP contribution in [0.15, 0.2) is 48.5 Å². The maximum absolute atomic E-state index is 12.2. The average Bonchev–Trinajstić information content (AvgIpc) is 2.41. The van der Waals surface area contributed by atoms with Gasteiger partial charge in [-0.1, -0.05) is 72.0 Å². The van der Waals surface area contributed by atoms with Crippen LogP contribution < -0.4 is 0 Å². The lowest BCUT2D eigenvalue weighted by atomic mass is 10.2. The first-order valence-electron chi connectivity index (χ1n) is 6.14. The summed E-state index contributed by atoms with van der Waals surface area (Å²) in [6, 6.07) is 14.5. The first-order valence-corrected chi connectivity index (χ1v) is 6.52. The Morgan fingerprint density at radius 1 is 0.714 bits per heavy atom. The van der Waals surface area contributed by atoms with Gasteiger partial charge in [0.2, 0.25) is 0 Å². The number of halogens is 2. The van der Waals surface area contributed by atoms with Gasteiger partial charge in [-0.25, -0.2) is 4.39 Å². The number of rotatable bonds is 2. The third kappa shape index (κ3) is 10.1. The summed E-state index contributed by atoms with van der Waals surface area (Å²) in [4.78, 5) is 0. The molecule has 0 radical (unpaired) electrons. The average molecular weight is 313 g/mol. The Bertz CT molecular complexity index is 400. The van der Waals surface area contributed by atoms with Crippen molar-refractivity contribution in [1.29, 1.82) is 0 Å². The molecular formula is C19H30ClF. The molecule has 0 nitrogen and oxygen atoms in total. The molecule has 0 heterocycles. The quantitative estimate of drug-likeness (QED) is 0.550. The Morgan fingerprint density at radius 2 is 1.05 bits per heavy atom. The zero-order chi connectivity index (χ0) is 13.4. The maximum Gasteiger partial charge on any atom is 0.123 e. The molecule has 2 heteroatoms. The zero-order valence-corrected chi connectivity index (χ0v) is 11.5. The van der Waals surface area contributed by atoms with E-state index in [-0.39, 0.29) is 28.1 Å². The van der Waals surface area contributed by atoms with E-state index < -0.39 is 0 Å². The highest BCUT2D eigenvalue weighted by Crippen LogP contribution is 2.09. The Labute approximate surface area is 136 Å². The first-order chi connectivity index (χ1) is 8.65. The van der Waals surface area contributed by atoms with Gasteiger partial charge in [0.1, 0.15) is 5.82 Å². The Morgan fingerprint density at radius 3 is 1.38 bits per heavy atom. The highest BCUT2D eigenvalue weighted by Gasteiger charge is 1.88. The third-order valence-electron chi connectivity index (χ3n) is 2.64. The van der Waals surface area contributed by atoms with Gasteiger partial charge in [-0.2, -0.15) is 0 Å². The lowest BCUT2D eigenvalue weighted by Crippen LogP contribution is -1.78. The van der Waals surface area contributed by atoms with Crippen LogP contribution in [0.3, 0.4) is 0 Å². The molecule has 21 heavy (non-hydrogen) atoms. The van der Waals surface area contributed by atoms with Crippen molar-refractivity contribution in [3.05, 3.63) is 70.5 Å². The Kier molecular flexibility index (Phi) is 16.0. The summed E-state index contributed by atoms with van der Waals surface area (Å²) < 4.78 is 12.2. The van der Waals surface area contributed by atoms with Crippen LogP contribution in [0.4, 0.5) is 4.39 Å². The molecule has 0 fully saturated rings. The summed E-state index contributed by atoms with van der Waals surface area (Å²) in [6.07, 6.45) is 2.05. The molecule has 2 rings (SSSR count). The summed E-state index contributed by atoms with van der Waals surface area (Å²) in [5.41, 5.74) is 2.51. The predicted octanol–water partition coefficient (Wildman–Crippen LogP) is 7.20. The fourth-order valence-corrected chi connectivity index (χ4v) is 1.57. The zero-order valence-electron chi connectivity index (χ0n) is 10.8. The van der Waals surface area contributed by atoms with Crippen LogP contribution in [0.25, 0.3) is 0 Å². The molecule has 120 valence electrons. The van der Waals surface area contributed by atoms with Crippen LogP contribution in [0.5, 0.6) is 0 Å². The van der Waals surface area contributed by atoms with Gasteiger partial charge in [0.15, 0.2) is 0 Å². The highest BCUT2D eigenvalue weighted by molar-refractivity contribution is 6.30. The van der Waals surface area contributed by atoms with E-state index in [0.29, 0.717) is 0 Å². The van der Waals surface area contributed by atoms with E-state index in [0.717, 1.165) is 17.9 Å². The van der Waals surface area contributed by atoms with Gasteiger partial charge in [0, 0.05) is 5.02 Å². The monoisotopic (exact) mass is 312 g/mol. The van der Waals surface area contributed by atoms with Crippen molar-refractivity contribution in [3.8, 4) is 0 Å². The Hall–Kier alpha value is -1.34. The number of hydrogen-bond acceptors (Lipinski definition) is 0. The normalized spacial score (nSPS) is 8.19. The van der Waals surface area contributed by atoms with E-state index in [1.165, 1.54) is 23.3 Å². The second-order valence-corrected chi connectivity index (χ2v) is 4.40. The molecule has 0 aliphatic rings. The van der Waals surface area contributed by atoms with Crippen LogP contribution in [0.1, 0.15) is 47.3 Å². The minimum absolute atomic E-state index is 0. The lowest BCUT2D eigenvalue weighted by molar-refractivity contribution is 0.627. The highest BCUT2D eigenvalue weighted by atomic mass is 35.5. The molecule has 0 aliphatic carbocycles. The SMILES string of the molecule is C.C.C.CCc1ccc(Cl)cc1.CCc1ccc(F)cc1. The summed E-state index contributed by atoms with van der Waals surface area (Å²) in [7, 11) is 0. The molecule has 2 aromatic rings. The minimum atomic E-state index is -0.160. The second-order valence-electron chi connectivity index (χ2n) is 3.96. The molecule has 0 bridgehead atoms. The maximum atomic E-state index is 12.2. The van der Waals surface area contributed by atoms with Crippen molar-refractivity contribution in [2.45, 2.75) is 49.0 Å². The Balaban J connectivity index is -0.000000270. The van der Waals surface area contributed by atoms with E-state index >= 15 is 0 Å². The van der Waals surface area contributed by atoms with Crippen molar-refractivity contribution in [1.82, 2.24) is 0 Å². The van der Waals surface area contributed by atoms with Gasteiger partial charge < -0.3 is 0 Å². The van der Waals surface area contributed by atoms with E-state index in [2.05, 4.69) is 6.92 Å². The summed E-state index contributed by atoms with van der Waals surface area (Å²) >= 11 is 5.67. The molecule has 0 spiro atoms. The van der Waals surface area contributed by atoms with Gasteiger partial charge in [-0.3, -0.25) is 0 Å². The van der Waals surface area contributed by atoms with Crippen LogP contribution in [0, 0.1) is 5.82 Å². The van der Waals surface area contributed by atoms with Gasteiger partial charge in [0.05, 0.1) is 0 Å². The number of hydrogen-bond donors (Lipinski definition) is 0. The van der Waals surface area contributed by atoms with E-state index in [9.17, 15) is 4.39 Å². The van der Waals surface area contributed by atoms with Gasteiger partial charge in [-0.15, -0.1) is 0 Å². The molecule has 0 amide bonds. The fourth-order valence-electron chi connectivity index (χ4n) is 1.44. The molecule has 0 saturated heterocycles. The van der Waals surface area contributed by atoms with Crippen LogP contribution in [0.2, 0.25) is 5.02 Å². The predicted molar refractivity (Wildman–Crippen MR) is 96.8 cm³/mol. The van der Waals surface area contributed by atoms with E-state index in [4.69, 9.17) is 11.6 Å². The molecule has 0 N–H and O–H groups in total. The molecular weight excluding hydrogens is 283 g/mol. The van der Waals surface area contributed by atoms with E-state index in [1.807, 2.05) is 31.2 Å². The topological polar surface area (TPSA) is 0 Å². The second kappa shape index (κ2) is 13.6. The molecule has 0 unspecified atom stereocenters. The summed E-state index contributed by atoms with van der Waals surface area (Å²) in [5.74, 6) is -0.160. The van der Waals surface area contributed by atoms with Crippen LogP contribution in [-0.2, 0) is 12.8 Å². The van der Waals surface area contributed by atoms with Crippen molar-refractivity contribution in [2.24, 2.45) is 0 Å². The first kappa shape index (κ1) is 24.7. The lowest BCUT2D eigenvalue weighted by Gasteiger charge is -1.93. The van der Waals surface area contributed by atoms with Gasteiger partial charge >= 0.3 is 0 Å². The molecule has 0 atom stereocenters. The summed E-state index contributed by atoms with van der Waals surface area (Å²) in [5, 5.41) is 0.812. The minimum Gasteiger partial charge on any atom is -0.207 e. The van der Waals surface area contributed by atoms with Gasteiger partial charge in [0.25, 0.3) is 0 Å². The largest absolute Gasteiger partial charge is 0.207 e. The standard InChI is InChI=1S/C8H9Cl.C8H9F.3CH4/c2*1-2-7-3-5-8(9)6-4-7;;;/h2*3-6H,2H2,1H3;3*1H4. The van der Waals surface area contributed by atoms with Crippen LogP contribution >= 0.6 is 11.6 Å². The fraction of sp³-hybridized carbons (Fsp3) is 0.368. The third-order valence-corrected chi connectivity index (χ3v) is 2.89. The van der Waals surface area contributed by atoms with Gasteiger partial charge in [-0.05, 0) is 48.2 Å². The van der Waals surface area contributed by atoms with Crippen LogP contribution in [-0.4, -0.2) is 0 Å². The molecule has 2 aromatic carbocycles. The molecule has 0 aliphatic heterocycles. The number of aryl methyl sites for hydroxylation is 2. The number of benzene rings is 2. The molecule has 0 aromatic heterocycles. The molecule has 0 saturated carbocycles. The van der Waals surface area contributed by atoms with Crippen molar-refractivity contribution < 1.29 is 4.39 Å². The summed E-state index contributed by atoms with van der Waals surface area (Å²) in [6.45, 7) is 4.18. The smallest absolute Gasteiger partial charge is 0.123 e.